The van der Waals surface area contributed by atoms with E-state index < -0.39 is 0 Å². The third kappa shape index (κ3) is 1.89. The molecule has 4 rings (SSSR count). The third-order valence-corrected chi connectivity index (χ3v) is 7.23. The van der Waals surface area contributed by atoms with Crippen molar-refractivity contribution >= 4 is 0 Å². The molecule has 2 heteroatoms. The predicted molar refractivity (Wildman–Crippen MR) is 88.2 cm³/mol. The Hall–Kier alpha value is -1.02. The lowest BCUT2D eigenvalue weighted by Gasteiger charge is -2.52. The van der Waals surface area contributed by atoms with Gasteiger partial charge < -0.3 is 9.84 Å². The van der Waals surface area contributed by atoms with Gasteiger partial charge in [0.1, 0.15) is 5.75 Å². The fraction of sp³-hybridized carbons (Fsp3) is 0.700. The second-order valence-corrected chi connectivity index (χ2v) is 8.17. The van der Waals surface area contributed by atoms with Crippen molar-refractivity contribution in [1.82, 2.24) is 0 Å². The molecule has 1 unspecified atom stereocenters. The highest BCUT2D eigenvalue weighted by atomic mass is 16.5. The first kappa shape index (κ1) is 14.6. The van der Waals surface area contributed by atoms with Crippen LogP contribution < -0.4 is 4.74 Å². The lowest BCUT2D eigenvalue weighted by molar-refractivity contribution is -0.0356. The van der Waals surface area contributed by atoms with Gasteiger partial charge >= 0.3 is 0 Å². The number of rotatable bonds is 1. The number of hydrogen-bond donors (Lipinski definition) is 1. The van der Waals surface area contributed by atoms with E-state index in [9.17, 15) is 5.11 Å². The summed E-state index contributed by atoms with van der Waals surface area (Å²) in [6, 6.07) is 6.69. The molecule has 120 valence electrons. The van der Waals surface area contributed by atoms with Crippen molar-refractivity contribution in [1.29, 1.82) is 0 Å². The number of aliphatic hydroxyl groups excluding tert-OH is 1. The molecule has 3 aliphatic carbocycles. The van der Waals surface area contributed by atoms with Gasteiger partial charge in [0.2, 0.25) is 0 Å². The first-order valence-electron chi connectivity index (χ1n) is 8.89. The lowest BCUT2D eigenvalue weighted by atomic mass is 9.53. The maximum atomic E-state index is 10.5. The van der Waals surface area contributed by atoms with E-state index in [-0.39, 0.29) is 11.5 Å². The smallest absolute Gasteiger partial charge is 0.119 e. The van der Waals surface area contributed by atoms with Crippen molar-refractivity contribution < 1.29 is 9.84 Å². The molecule has 0 spiro atoms. The molecule has 0 saturated heterocycles. The molecule has 0 amide bonds. The normalized spacial score (nSPS) is 43.2. The molecule has 2 saturated carbocycles. The van der Waals surface area contributed by atoms with Gasteiger partial charge in [-0.15, -0.1) is 0 Å². The summed E-state index contributed by atoms with van der Waals surface area (Å²) in [6.07, 6.45) is 5.72. The zero-order valence-electron chi connectivity index (χ0n) is 14.0. The molecular weight excluding hydrogens is 272 g/mol. The highest BCUT2D eigenvalue weighted by Crippen LogP contribution is 2.62. The van der Waals surface area contributed by atoms with Crippen molar-refractivity contribution in [3.05, 3.63) is 29.3 Å². The fourth-order valence-electron chi connectivity index (χ4n) is 6.05. The van der Waals surface area contributed by atoms with Crippen molar-refractivity contribution in [2.75, 3.05) is 7.11 Å². The number of benzene rings is 1. The number of fused-ring (bicyclic) bond motifs is 5. The molecule has 22 heavy (non-hydrogen) atoms. The second-order valence-electron chi connectivity index (χ2n) is 8.17. The van der Waals surface area contributed by atoms with Gasteiger partial charge in [0.15, 0.2) is 0 Å². The molecule has 0 aromatic heterocycles. The van der Waals surface area contributed by atoms with Crippen LogP contribution in [0, 0.1) is 23.2 Å². The minimum atomic E-state index is -0.0806. The topological polar surface area (TPSA) is 29.5 Å². The minimum absolute atomic E-state index is 0.0806. The van der Waals surface area contributed by atoms with Gasteiger partial charge in [-0.3, -0.25) is 0 Å². The summed E-state index contributed by atoms with van der Waals surface area (Å²) >= 11 is 0. The van der Waals surface area contributed by atoms with Crippen LogP contribution in [-0.2, 0) is 6.42 Å². The summed E-state index contributed by atoms with van der Waals surface area (Å²) in [5.41, 5.74) is 3.22. The summed E-state index contributed by atoms with van der Waals surface area (Å²) in [4.78, 5) is 0. The maximum absolute atomic E-state index is 10.5. The van der Waals surface area contributed by atoms with Crippen molar-refractivity contribution in [3.8, 4) is 5.75 Å². The molecule has 0 heterocycles. The monoisotopic (exact) mass is 300 g/mol. The van der Waals surface area contributed by atoms with Crippen molar-refractivity contribution in [3.63, 3.8) is 0 Å². The van der Waals surface area contributed by atoms with Gasteiger partial charge in [0.05, 0.1) is 13.2 Å². The Labute approximate surface area is 133 Å². The molecular formula is C20H28O2. The van der Waals surface area contributed by atoms with Gasteiger partial charge in [0.25, 0.3) is 0 Å². The van der Waals surface area contributed by atoms with E-state index in [1.807, 2.05) is 0 Å². The molecule has 2 nitrogen and oxygen atoms in total. The standard InChI is InChI=1S/C20H28O2/c1-12-10-13-11-14(22-3)4-5-15(13)16-8-9-20(2)17(19(12)16)6-7-18(20)21/h4-5,11-12,16-19,21H,6-10H2,1-3H3/t12?,16-,17+,18+,19-,20+/m1/s1. The number of methoxy groups -OCH3 is 1. The molecule has 0 radical (unpaired) electrons. The summed E-state index contributed by atoms with van der Waals surface area (Å²) in [7, 11) is 1.75. The average Bonchev–Trinajstić information content (AvgIpc) is 2.82. The third-order valence-electron chi connectivity index (χ3n) is 7.23. The lowest BCUT2D eigenvalue weighted by Crippen LogP contribution is -2.46. The Bertz CT molecular complexity index is 581. The molecule has 1 N–H and O–H groups in total. The van der Waals surface area contributed by atoms with Crippen LogP contribution in [-0.4, -0.2) is 18.3 Å². The van der Waals surface area contributed by atoms with Crippen molar-refractivity contribution in [2.45, 2.75) is 58.0 Å². The zero-order valence-corrected chi connectivity index (χ0v) is 14.0. The minimum Gasteiger partial charge on any atom is -0.497 e. The number of ether oxygens (including phenoxy) is 1. The highest BCUT2D eigenvalue weighted by molar-refractivity contribution is 5.41. The molecule has 0 aliphatic heterocycles. The van der Waals surface area contributed by atoms with Crippen LogP contribution in [0.3, 0.4) is 0 Å². The Morgan fingerprint density at radius 2 is 2.05 bits per heavy atom. The van der Waals surface area contributed by atoms with E-state index >= 15 is 0 Å². The molecule has 1 aromatic carbocycles. The molecule has 0 bridgehead atoms. The van der Waals surface area contributed by atoms with E-state index in [2.05, 4.69) is 32.0 Å². The van der Waals surface area contributed by atoms with Gasteiger partial charge in [-0.1, -0.05) is 19.9 Å². The van der Waals surface area contributed by atoms with E-state index in [1.165, 1.54) is 24.8 Å². The van der Waals surface area contributed by atoms with Crippen LogP contribution >= 0.6 is 0 Å². The van der Waals surface area contributed by atoms with Gasteiger partial charge in [-0.2, -0.15) is 0 Å². The number of hydrogen-bond acceptors (Lipinski definition) is 2. The second kappa shape index (κ2) is 4.99. The summed E-state index contributed by atoms with van der Waals surface area (Å²) in [5, 5.41) is 10.5. The Kier molecular flexibility index (Phi) is 3.30. The van der Waals surface area contributed by atoms with Crippen LogP contribution in [0.4, 0.5) is 0 Å². The van der Waals surface area contributed by atoms with Gasteiger partial charge in [0, 0.05) is 0 Å². The summed E-state index contributed by atoms with van der Waals surface area (Å²) in [6.45, 7) is 4.78. The van der Waals surface area contributed by atoms with Crippen LogP contribution in [0.2, 0.25) is 0 Å². The Balaban J connectivity index is 1.73. The van der Waals surface area contributed by atoms with Crippen molar-refractivity contribution in [2.24, 2.45) is 23.2 Å². The van der Waals surface area contributed by atoms with Gasteiger partial charge in [-0.25, -0.2) is 0 Å². The largest absolute Gasteiger partial charge is 0.497 e. The van der Waals surface area contributed by atoms with E-state index in [0.29, 0.717) is 17.8 Å². The van der Waals surface area contributed by atoms with E-state index in [1.54, 1.807) is 12.7 Å². The highest BCUT2D eigenvalue weighted by Gasteiger charge is 2.55. The molecule has 3 aliphatic rings. The predicted octanol–water partition coefficient (Wildman–Crippen LogP) is 4.16. The molecule has 1 aromatic rings. The Morgan fingerprint density at radius 1 is 1.23 bits per heavy atom. The molecule has 2 fully saturated rings. The summed E-state index contributed by atoms with van der Waals surface area (Å²) in [5.74, 6) is 3.83. The van der Waals surface area contributed by atoms with E-state index in [0.717, 1.165) is 24.5 Å². The Morgan fingerprint density at radius 3 is 2.82 bits per heavy atom. The maximum Gasteiger partial charge on any atom is 0.119 e. The average molecular weight is 300 g/mol. The van der Waals surface area contributed by atoms with Crippen LogP contribution in [0.15, 0.2) is 18.2 Å². The quantitative estimate of drug-likeness (QED) is 0.844. The SMILES string of the molecule is COc1ccc2c(c1)CC(C)[C@@H]1[C@@H]2CC[C@]2(C)[C@@H](O)CC[C@@H]12. The van der Waals surface area contributed by atoms with Crippen LogP contribution in [0.25, 0.3) is 0 Å². The van der Waals surface area contributed by atoms with Gasteiger partial charge in [-0.05, 0) is 84.5 Å². The van der Waals surface area contributed by atoms with Crippen LogP contribution in [0.5, 0.6) is 5.75 Å². The van der Waals surface area contributed by atoms with Crippen LogP contribution in [0.1, 0.15) is 56.6 Å². The first-order chi connectivity index (χ1) is 10.5. The van der Waals surface area contributed by atoms with E-state index in [4.69, 9.17) is 4.74 Å². The fourth-order valence-corrected chi connectivity index (χ4v) is 6.05. The molecule has 6 atom stereocenters. The first-order valence-corrected chi connectivity index (χ1v) is 8.89. The number of aliphatic hydroxyl groups is 1. The zero-order chi connectivity index (χ0) is 15.5. The summed E-state index contributed by atoms with van der Waals surface area (Å²) < 4.78 is 5.42.